The third-order valence-corrected chi connectivity index (χ3v) is 4.75. The fourth-order valence-corrected chi connectivity index (χ4v) is 3.22. The van der Waals surface area contributed by atoms with Crippen LogP contribution >= 0.6 is 0 Å². The molecule has 0 saturated carbocycles. The monoisotopic (exact) mass is 408 g/mol. The highest BCUT2D eigenvalue weighted by atomic mass is 16.4. The van der Waals surface area contributed by atoms with Crippen LogP contribution in [-0.2, 0) is 4.79 Å². The first-order chi connectivity index (χ1) is 14.1. The lowest BCUT2D eigenvalue weighted by Crippen LogP contribution is -2.30. The molecule has 0 atom stereocenters. The number of carboxylic acids is 1. The van der Waals surface area contributed by atoms with E-state index in [1.807, 2.05) is 0 Å². The van der Waals surface area contributed by atoms with E-state index in [0.717, 1.165) is 39.4 Å². The third kappa shape index (κ3) is 19.5. The lowest BCUT2D eigenvalue weighted by Gasteiger charge is -2.18. The van der Waals surface area contributed by atoms with Gasteiger partial charge >= 0.3 is 0 Å². The Balaban J connectivity index is 0.00000178. The molecule has 1 aliphatic rings. The molecule has 0 fully saturated rings. The SMILES string of the molecule is CC(=O)O.CCCCC/C=C/C/C=C/CCCCCCCC1=NCCN1CCO. The van der Waals surface area contributed by atoms with E-state index >= 15 is 0 Å². The maximum Gasteiger partial charge on any atom is 0.300 e. The van der Waals surface area contributed by atoms with E-state index in [0.29, 0.717) is 0 Å². The van der Waals surface area contributed by atoms with Gasteiger partial charge in [-0.2, -0.15) is 0 Å². The van der Waals surface area contributed by atoms with E-state index in [1.54, 1.807) is 0 Å². The van der Waals surface area contributed by atoms with E-state index < -0.39 is 5.97 Å². The Morgan fingerprint density at radius 3 is 2.21 bits per heavy atom. The summed E-state index contributed by atoms with van der Waals surface area (Å²) in [7, 11) is 0. The van der Waals surface area contributed by atoms with Gasteiger partial charge in [0, 0.05) is 26.4 Å². The average molecular weight is 409 g/mol. The molecule has 0 aliphatic carbocycles. The second-order valence-electron chi connectivity index (χ2n) is 7.51. The van der Waals surface area contributed by atoms with Crippen LogP contribution in [0.2, 0.25) is 0 Å². The number of nitrogens with zero attached hydrogens (tertiary/aromatic N) is 2. The predicted molar refractivity (Wildman–Crippen MR) is 124 cm³/mol. The van der Waals surface area contributed by atoms with Crippen LogP contribution in [0.15, 0.2) is 29.3 Å². The summed E-state index contributed by atoms with van der Waals surface area (Å²) in [6, 6.07) is 0. The molecule has 0 saturated heterocycles. The van der Waals surface area contributed by atoms with Crippen LogP contribution in [0.1, 0.15) is 90.9 Å². The molecular formula is C24H44N2O3. The minimum atomic E-state index is -0.833. The van der Waals surface area contributed by atoms with Crippen LogP contribution in [0.25, 0.3) is 0 Å². The number of rotatable bonds is 16. The molecule has 0 amide bonds. The largest absolute Gasteiger partial charge is 0.481 e. The number of hydrogen-bond acceptors (Lipinski definition) is 4. The lowest BCUT2D eigenvalue weighted by atomic mass is 10.1. The predicted octanol–water partition coefficient (Wildman–Crippen LogP) is 5.60. The molecule has 0 aromatic carbocycles. The van der Waals surface area contributed by atoms with Crippen molar-refractivity contribution in [1.29, 1.82) is 0 Å². The van der Waals surface area contributed by atoms with Gasteiger partial charge in [-0.3, -0.25) is 9.79 Å². The summed E-state index contributed by atoms with van der Waals surface area (Å²) in [6.45, 7) is 6.23. The summed E-state index contributed by atoms with van der Waals surface area (Å²) in [6.07, 6.45) is 24.5. The maximum atomic E-state index is 9.04. The van der Waals surface area contributed by atoms with Gasteiger partial charge in [0.1, 0.15) is 0 Å². The molecule has 0 radical (unpaired) electrons. The van der Waals surface area contributed by atoms with E-state index in [-0.39, 0.29) is 6.61 Å². The number of allylic oxidation sites excluding steroid dienone is 4. The van der Waals surface area contributed by atoms with Crippen molar-refractivity contribution in [1.82, 2.24) is 4.90 Å². The fraction of sp³-hybridized carbons (Fsp3) is 0.750. The Hall–Kier alpha value is -1.62. The van der Waals surface area contributed by atoms with Gasteiger partial charge in [0.2, 0.25) is 0 Å². The molecule has 5 nitrogen and oxygen atoms in total. The zero-order chi connectivity index (χ0) is 21.6. The molecule has 1 rings (SSSR count). The van der Waals surface area contributed by atoms with Gasteiger partial charge < -0.3 is 15.1 Å². The quantitative estimate of drug-likeness (QED) is 0.258. The second kappa shape index (κ2) is 21.1. The Morgan fingerprint density at radius 1 is 1.00 bits per heavy atom. The minimum Gasteiger partial charge on any atom is -0.481 e. The first-order valence-corrected chi connectivity index (χ1v) is 11.5. The van der Waals surface area contributed by atoms with E-state index in [9.17, 15) is 0 Å². The molecule has 1 heterocycles. The first kappa shape index (κ1) is 27.4. The topological polar surface area (TPSA) is 73.1 Å². The van der Waals surface area contributed by atoms with Crippen LogP contribution < -0.4 is 0 Å². The Bertz CT molecular complexity index is 469. The summed E-state index contributed by atoms with van der Waals surface area (Å²) < 4.78 is 0. The zero-order valence-electron chi connectivity index (χ0n) is 18.8. The number of aliphatic carboxylic acids is 1. The average Bonchev–Trinajstić information content (AvgIpc) is 3.12. The molecule has 29 heavy (non-hydrogen) atoms. The fourth-order valence-electron chi connectivity index (χ4n) is 3.22. The normalized spacial score (nSPS) is 13.8. The highest BCUT2D eigenvalue weighted by Gasteiger charge is 2.14. The Labute approximate surface area is 178 Å². The zero-order valence-corrected chi connectivity index (χ0v) is 18.8. The first-order valence-electron chi connectivity index (χ1n) is 11.5. The summed E-state index contributed by atoms with van der Waals surface area (Å²) in [5.41, 5.74) is 0. The van der Waals surface area contributed by atoms with Crippen LogP contribution in [0.5, 0.6) is 0 Å². The van der Waals surface area contributed by atoms with Crippen molar-refractivity contribution in [3.05, 3.63) is 24.3 Å². The molecule has 0 unspecified atom stereocenters. The molecular weight excluding hydrogens is 364 g/mol. The van der Waals surface area contributed by atoms with Crippen LogP contribution in [0.4, 0.5) is 0 Å². The lowest BCUT2D eigenvalue weighted by molar-refractivity contribution is -0.134. The van der Waals surface area contributed by atoms with Crippen molar-refractivity contribution in [2.24, 2.45) is 4.99 Å². The standard InChI is InChI=1S/C22H40N2O.C2H4O2/c1-2-3-4-5-6-7-8-9-10-11-12-13-14-15-16-17-22-23-18-19-24(22)20-21-25;1-2(3)4/h6-7,9-10,25H,2-5,8,11-21H2,1H3;1H3,(H,3,4)/b7-6+,10-9+;. The third-order valence-electron chi connectivity index (χ3n) is 4.75. The number of carbonyl (C=O) groups is 1. The molecule has 168 valence electrons. The van der Waals surface area contributed by atoms with Gasteiger partial charge in [0.05, 0.1) is 19.0 Å². The Kier molecular flexibility index (Phi) is 19.9. The maximum absolute atomic E-state index is 9.04. The van der Waals surface area contributed by atoms with E-state index in [1.165, 1.54) is 70.0 Å². The summed E-state index contributed by atoms with van der Waals surface area (Å²) in [4.78, 5) is 15.8. The summed E-state index contributed by atoms with van der Waals surface area (Å²) in [5.74, 6) is 0.389. The number of aliphatic hydroxyl groups is 1. The van der Waals surface area contributed by atoms with Crippen molar-refractivity contribution < 1.29 is 15.0 Å². The summed E-state index contributed by atoms with van der Waals surface area (Å²) >= 11 is 0. The van der Waals surface area contributed by atoms with Crippen molar-refractivity contribution in [2.45, 2.75) is 90.9 Å². The van der Waals surface area contributed by atoms with E-state index in [4.69, 9.17) is 15.0 Å². The number of hydrogen-bond donors (Lipinski definition) is 2. The van der Waals surface area contributed by atoms with Crippen molar-refractivity contribution in [3.63, 3.8) is 0 Å². The number of aliphatic imine (C=N–C) groups is 1. The van der Waals surface area contributed by atoms with Gasteiger partial charge in [-0.15, -0.1) is 0 Å². The molecule has 0 bridgehead atoms. The van der Waals surface area contributed by atoms with E-state index in [2.05, 4.69) is 41.1 Å². The minimum absolute atomic E-state index is 0.237. The summed E-state index contributed by atoms with van der Waals surface area (Å²) in [5, 5.41) is 16.5. The van der Waals surface area contributed by atoms with Crippen LogP contribution in [0, 0.1) is 0 Å². The molecule has 0 aromatic rings. The molecule has 0 aromatic heterocycles. The van der Waals surface area contributed by atoms with Gasteiger partial charge in [-0.1, -0.05) is 63.3 Å². The van der Waals surface area contributed by atoms with Gasteiger partial charge in [-0.05, 0) is 38.5 Å². The second-order valence-corrected chi connectivity index (χ2v) is 7.51. The molecule has 2 N–H and O–H groups in total. The Morgan fingerprint density at radius 2 is 1.59 bits per heavy atom. The van der Waals surface area contributed by atoms with Crippen molar-refractivity contribution >= 4 is 11.8 Å². The van der Waals surface area contributed by atoms with Crippen LogP contribution in [0.3, 0.4) is 0 Å². The number of carboxylic acid groups (broad SMARTS) is 1. The number of amidine groups is 1. The number of unbranched alkanes of at least 4 members (excludes halogenated alkanes) is 8. The van der Waals surface area contributed by atoms with Crippen LogP contribution in [-0.4, -0.2) is 53.2 Å². The smallest absolute Gasteiger partial charge is 0.300 e. The molecule has 0 spiro atoms. The molecule has 5 heteroatoms. The van der Waals surface area contributed by atoms with Crippen molar-refractivity contribution in [3.8, 4) is 0 Å². The molecule has 1 aliphatic heterocycles. The highest BCUT2D eigenvalue weighted by Crippen LogP contribution is 2.12. The van der Waals surface area contributed by atoms with Gasteiger partial charge in [-0.25, -0.2) is 0 Å². The van der Waals surface area contributed by atoms with Gasteiger partial charge in [0.25, 0.3) is 5.97 Å². The van der Waals surface area contributed by atoms with Crippen molar-refractivity contribution in [2.75, 3.05) is 26.2 Å². The highest BCUT2D eigenvalue weighted by molar-refractivity contribution is 5.83. The number of β-amino-alcohol motifs (C(OH)–C–C–N with tert-alkyl or cyclic N) is 1. The number of aliphatic hydroxyl groups excluding tert-OH is 1. The van der Waals surface area contributed by atoms with Gasteiger partial charge in [0.15, 0.2) is 0 Å².